The number of hydrogen-bond donors (Lipinski definition) is 1. The van der Waals surface area contributed by atoms with Crippen molar-refractivity contribution in [2.75, 3.05) is 18.8 Å². The number of sulfonamides is 1. The monoisotopic (exact) mass is 336 g/mol. The van der Waals surface area contributed by atoms with Crippen LogP contribution in [0.3, 0.4) is 0 Å². The minimum Gasteiger partial charge on any atom is -0.348 e. The molecule has 5 nitrogen and oxygen atoms in total. The molecule has 1 atom stereocenters. The Morgan fingerprint density at radius 1 is 1.35 bits per heavy atom. The molecule has 0 spiro atoms. The van der Waals surface area contributed by atoms with E-state index >= 15 is 0 Å². The molecule has 126 valence electrons. The van der Waals surface area contributed by atoms with Gasteiger partial charge in [0.15, 0.2) is 0 Å². The number of rotatable bonds is 3. The van der Waals surface area contributed by atoms with Crippen LogP contribution >= 0.6 is 0 Å². The molecular weight excluding hydrogens is 312 g/mol. The Bertz CT molecular complexity index is 712. The topological polar surface area (TPSA) is 66.5 Å². The molecule has 1 saturated heterocycles. The molecule has 0 aromatic heterocycles. The molecule has 23 heavy (non-hydrogen) atoms. The van der Waals surface area contributed by atoms with E-state index in [0.717, 1.165) is 18.4 Å². The van der Waals surface area contributed by atoms with E-state index in [-0.39, 0.29) is 29.7 Å². The second-order valence-electron chi connectivity index (χ2n) is 7.19. The van der Waals surface area contributed by atoms with Crippen LogP contribution in [0.15, 0.2) is 24.3 Å². The number of carbonyl (C=O) groups excluding carboxylic acids is 1. The molecule has 6 heteroatoms. The Morgan fingerprint density at radius 3 is 2.78 bits per heavy atom. The van der Waals surface area contributed by atoms with Crippen LogP contribution < -0.4 is 5.32 Å². The van der Waals surface area contributed by atoms with Gasteiger partial charge in [0, 0.05) is 6.54 Å². The van der Waals surface area contributed by atoms with Gasteiger partial charge in [-0.05, 0) is 35.8 Å². The maximum absolute atomic E-state index is 12.4. The van der Waals surface area contributed by atoms with Crippen molar-refractivity contribution < 1.29 is 13.2 Å². The molecule has 1 aliphatic carbocycles. The van der Waals surface area contributed by atoms with Crippen molar-refractivity contribution in [1.29, 1.82) is 0 Å². The third-order valence-electron chi connectivity index (χ3n) is 5.01. The summed E-state index contributed by atoms with van der Waals surface area (Å²) < 4.78 is 25.0. The van der Waals surface area contributed by atoms with Crippen LogP contribution in [0.25, 0.3) is 0 Å². The summed E-state index contributed by atoms with van der Waals surface area (Å²) in [5.41, 5.74) is 2.38. The molecule has 1 fully saturated rings. The second-order valence-corrected chi connectivity index (χ2v) is 9.28. The highest BCUT2D eigenvalue weighted by atomic mass is 32.2. The molecule has 1 amide bonds. The van der Waals surface area contributed by atoms with E-state index in [1.165, 1.54) is 9.87 Å². The van der Waals surface area contributed by atoms with Gasteiger partial charge in [0.05, 0.1) is 18.3 Å². The number of carbonyl (C=O) groups is 1. The predicted molar refractivity (Wildman–Crippen MR) is 89.4 cm³/mol. The van der Waals surface area contributed by atoms with Gasteiger partial charge >= 0.3 is 0 Å². The van der Waals surface area contributed by atoms with Crippen LogP contribution in [-0.2, 0) is 21.2 Å². The van der Waals surface area contributed by atoms with Crippen molar-refractivity contribution >= 4 is 15.9 Å². The Hall–Kier alpha value is -1.40. The second kappa shape index (κ2) is 5.91. The molecule has 1 aromatic rings. The molecule has 1 aliphatic heterocycles. The third-order valence-corrected chi connectivity index (χ3v) is 6.92. The van der Waals surface area contributed by atoms with Crippen molar-refractivity contribution in [3.05, 3.63) is 35.4 Å². The fraction of sp³-hybridized carbons (Fsp3) is 0.588. The van der Waals surface area contributed by atoms with E-state index in [1.54, 1.807) is 0 Å². The highest BCUT2D eigenvalue weighted by molar-refractivity contribution is 7.89. The molecule has 1 aromatic carbocycles. The van der Waals surface area contributed by atoms with E-state index in [4.69, 9.17) is 0 Å². The van der Waals surface area contributed by atoms with Crippen LogP contribution in [0, 0.1) is 5.41 Å². The fourth-order valence-corrected chi connectivity index (χ4v) is 5.05. The van der Waals surface area contributed by atoms with Crippen LogP contribution in [0.1, 0.15) is 43.9 Å². The van der Waals surface area contributed by atoms with E-state index in [1.807, 2.05) is 12.1 Å². The highest BCUT2D eigenvalue weighted by Crippen LogP contribution is 2.43. The lowest BCUT2D eigenvalue weighted by Gasteiger charge is -2.40. The number of nitrogens with one attached hydrogen (secondary N) is 1. The first-order valence-corrected chi connectivity index (χ1v) is 9.75. The minimum absolute atomic E-state index is 0.0477. The fourth-order valence-electron chi connectivity index (χ4n) is 3.57. The zero-order chi connectivity index (χ0) is 16.7. The molecule has 2 aliphatic rings. The molecule has 0 radical (unpaired) electrons. The number of nitrogens with zero attached hydrogens (tertiary/aromatic N) is 1. The van der Waals surface area contributed by atoms with Gasteiger partial charge in [0.2, 0.25) is 15.9 Å². The maximum atomic E-state index is 12.4. The van der Waals surface area contributed by atoms with Gasteiger partial charge in [0.1, 0.15) is 0 Å². The van der Waals surface area contributed by atoms with Crippen LogP contribution in [-0.4, -0.2) is 37.5 Å². The van der Waals surface area contributed by atoms with Crippen LogP contribution in [0.4, 0.5) is 0 Å². The summed E-state index contributed by atoms with van der Waals surface area (Å²) in [4.78, 5) is 12.4. The molecule has 1 N–H and O–H groups in total. The molecule has 0 saturated carbocycles. The van der Waals surface area contributed by atoms with E-state index < -0.39 is 10.0 Å². The Balaban J connectivity index is 1.77. The maximum Gasteiger partial charge on any atom is 0.235 e. The van der Waals surface area contributed by atoms with Crippen LogP contribution in [0.2, 0.25) is 0 Å². The SMILES string of the molecule is CC1(C)CCc2ccccc2C1NC(=O)CN1CCCS1(=O)=O. The molecular formula is C17H24N2O3S. The molecule has 1 heterocycles. The predicted octanol–water partition coefficient (Wildman–Crippen LogP) is 1.85. The number of amides is 1. The summed E-state index contributed by atoms with van der Waals surface area (Å²) in [6, 6.07) is 8.10. The Morgan fingerprint density at radius 2 is 2.09 bits per heavy atom. The van der Waals surface area contributed by atoms with Crippen molar-refractivity contribution in [3.8, 4) is 0 Å². The largest absolute Gasteiger partial charge is 0.348 e. The van der Waals surface area contributed by atoms with Crippen molar-refractivity contribution in [3.63, 3.8) is 0 Å². The number of hydrogen-bond acceptors (Lipinski definition) is 3. The summed E-state index contributed by atoms with van der Waals surface area (Å²) in [6.45, 7) is 4.68. The van der Waals surface area contributed by atoms with Crippen LogP contribution in [0.5, 0.6) is 0 Å². The van der Waals surface area contributed by atoms with Gasteiger partial charge in [0.25, 0.3) is 0 Å². The smallest absolute Gasteiger partial charge is 0.235 e. The lowest BCUT2D eigenvalue weighted by molar-refractivity contribution is -0.123. The highest BCUT2D eigenvalue weighted by Gasteiger charge is 2.37. The lowest BCUT2D eigenvalue weighted by Crippen LogP contribution is -2.45. The Labute approximate surface area is 138 Å². The van der Waals surface area contributed by atoms with Gasteiger partial charge in [-0.15, -0.1) is 0 Å². The van der Waals surface area contributed by atoms with Gasteiger partial charge in [-0.2, -0.15) is 4.31 Å². The summed E-state index contributed by atoms with van der Waals surface area (Å²) in [7, 11) is -3.24. The first-order valence-electron chi connectivity index (χ1n) is 8.15. The van der Waals surface area contributed by atoms with Gasteiger partial charge in [-0.3, -0.25) is 4.79 Å². The first kappa shape index (κ1) is 16.5. The summed E-state index contributed by atoms with van der Waals surface area (Å²) in [5, 5.41) is 3.08. The quantitative estimate of drug-likeness (QED) is 0.916. The zero-order valence-electron chi connectivity index (χ0n) is 13.7. The average molecular weight is 336 g/mol. The zero-order valence-corrected chi connectivity index (χ0v) is 14.5. The number of benzene rings is 1. The minimum atomic E-state index is -3.24. The molecule has 3 rings (SSSR count). The molecule has 1 unspecified atom stereocenters. The Kier molecular flexibility index (Phi) is 4.23. The van der Waals surface area contributed by atoms with Gasteiger partial charge < -0.3 is 5.32 Å². The number of aryl methyl sites for hydroxylation is 1. The standard InChI is InChI=1S/C17H24N2O3S/c1-17(2)9-8-13-6-3-4-7-14(13)16(17)18-15(20)12-19-10-5-11-23(19,21)22/h3-4,6-7,16H,5,8-12H2,1-2H3,(H,18,20). The van der Waals surface area contributed by atoms with Gasteiger partial charge in [-0.1, -0.05) is 38.1 Å². The summed E-state index contributed by atoms with van der Waals surface area (Å²) >= 11 is 0. The lowest BCUT2D eigenvalue weighted by atomic mass is 9.70. The van der Waals surface area contributed by atoms with Gasteiger partial charge in [-0.25, -0.2) is 8.42 Å². The normalized spacial score (nSPS) is 25.7. The number of fused-ring (bicyclic) bond motifs is 1. The first-order chi connectivity index (χ1) is 10.8. The van der Waals surface area contributed by atoms with E-state index in [0.29, 0.717) is 13.0 Å². The molecule has 0 bridgehead atoms. The van der Waals surface area contributed by atoms with Crippen molar-refractivity contribution in [1.82, 2.24) is 9.62 Å². The summed E-state index contributed by atoms with van der Waals surface area (Å²) in [6.07, 6.45) is 2.61. The summed E-state index contributed by atoms with van der Waals surface area (Å²) in [5.74, 6) is -0.0665. The van der Waals surface area contributed by atoms with E-state index in [9.17, 15) is 13.2 Å². The average Bonchev–Trinajstić information content (AvgIpc) is 2.81. The van der Waals surface area contributed by atoms with E-state index in [2.05, 4.69) is 31.3 Å². The third kappa shape index (κ3) is 3.28. The van der Waals surface area contributed by atoms with Crippen molar-refractivity contribution in [2.24, 2.45) is 5.41 Å². The van der Waals surface area contributed by atoms with Crippen molar-refractivity contribution in [2.45, 2.75) is 39.2 Å².